The summed E-state index contributed by atoms with van der Waals surface area (Å²) in [6.45, 7) is 5.63. The lowest BCUT2D eigenvalue weighted by molar-refractivity contribution is -0.132. The number of ketones is 1. The Bertz CT molecular complexity index is 979. The number of hydrogen-bond acceptors (Lipinski definition) is 7. The Morgan fingerprint density at radius 2 is 1.97 bits per heavy atom. The fourth-order valence-electron chi connectivity index (χ4n) is 2.85. The zero-order chi connectivity index (χ0) is 22.6. The van der Waals surface area contributed by atoms with Crippen LogP contribution in [0.25, 0.3) is 0 Å². The zero-order valence-electron chi connectivity index (χ0n) is 17.5. The maximum Gasteiger partial charge on any atom is 0.257 e. The van der Waals surface area contributed by atoms with Crippen molar-refractivity contribution in [1.82, 2.24) is 10.2 Å². The predicted octanol–water partition coefficient (Wildman–Crippen LogP) is 3.22. The topological polar surface area (TPSA) is 115 Å². The molecule has 1 aromatic heterocycles. The minimum Gasteiger partial charge on any atom is -0.505 e. The average Bonchev–Trinajstić information content (AvgIpc) is 3.14. The van der Waals surface area contributed by atoms with Crippen LogP contribution >= 0.6 is 15.9 Å². The molecule has 0 saturated heterocycles. The molecule has 1 atom stereocenters. The van der Waals surface area contributed by atoms with Gasteiger partial charge in [-0.1, -0.05) is 19.9 Å². The van der Waals surface area contributed by atoms with Gasteiger partial charge < -0.3 is 30.2 Å². The molecule has 0 bridgehead atoms. The number of furan rings is 1. The number of rotatable bonds is 6. The molecule has 3 rings (SSSR count). The Labute approximate surface area is 183 Å². The summed E-state index contributed by atoms with van der Waals surface area (Å²) in [7, 11) is 3.15. The minimum atomic E-state index is -1.68. The number of para-hydroxylation sites is 1. The highest BCUT2D eigenvalue weighted by Crippen LogP contribution is 2.37. The van der Waals surface area contributed by atoms with Gasteiger partial charge in [-0.15, -0.1) is 0 Å². The number of halogens is 1. The first-order valence-corrected chi connectivity index (χ1v) is 10.2. The molecule has 8 nitrogen and oxygen atoms in total. The molecule has 1 aliphatic rings. The predicted molar refractivity (Wildman–Crippen MR) is 117 cm³/mol. The number of phenolic OH excluding ortho intramolecular Hbond substituents is 1. The van der Waals surface area contributed by atoms with Crippen LogP contribution in [-0.2, 0) is 11.3 Å². The molecule has 0 fully saturated rings. The third-order valence-electron chi connectivity index (χ3n) is 4.40. The van der Waals surface area contributed by atoms with Crippen molar-refractivity contribution >= 4 is 33.3 Å². The van der Waals surface area contributed by atoms with Crippen LogP contribution in [0.2, 0.25) is 0 Å². The van der Waals surface area contributed by atoms with E-state index in [-0.39, 0.29) is 40.8 Å². The Balaban J connectivity index is 0.00000155. The number of aliphatic hydroxyl groups is 1. The van der Waals surface area contributed by atoms with Gasteiger partial charge >= 0.3 is 0 Å². The summed E-state index contributed by atoms with van der Waals surface area (Å²) in [6, 6.07) is 6.38. The molecule has 1 amide bonds. The Morgan fingerprint density at radius 1 is 1.30 bits per heavy atom. The molecule has 1 aromatic carbocycles. The number of carbonyl (C=O) groups excluding carboxylic acids is 2. The fourth-order valence-corrected chi connectivity index (χ4v) is 3.19. The van der Waals surface area contributed by atoms with Crippen molar-refractivity contribution in [2.24, 2.45) is 0 Å². The largest absolute Gasteiger partial charge is 0.505 e. The molecular formula is C21H26BrN3O5. The number of aromatic hydroxyl groups is 1. The fraction of sp³-hybridized carbons (Fsp3) is 0.333. The Hall–Kier alpha value is -2.78. The molecule has 0 aliphatic heterocycles. The van der Waals surface area contributed by atoms with E-state index < -0.39 is 11.4 Å². The number of hydrogen-bond donors (Lipinski definition) is 4. The van der Waals surface area contributed by atoms with E-state index in [1.807, 2.05) is 13.8 Å². The van der Waals surface area contributed by atoms with Crippen LogP contribution in [0.15, 0.2) is 50.8 Å². The quantitative estimate of drug-likeness (QED) is 0.470. The SMILES string of the molecule is CC.CN(C)C(=O)c1cccc(NC2=C(NCc3cc(Br)co3)C(C)(O)C2=O)c1O. The highest BCUT2D eigenvalue weighted by Gasteiger charge is 2.49. The second kappa shape index (κ2) is 9.36. The Kier molecular flexibility index (Phi) is 7.33. The maximum atomic E-state index is 12.4. The summed E-state index contributed by atoms with van der Waals surface area (Å²) < 4.78 is 6.09. The van der Waals surface area contributed by atoms with Gasteiger partial charge in [0.25, 0.3) is 5.91 Å². The molecule has 1 aliphatic carbocycles. The van der Waals surface area contributed by atoms with Crippen molar-refractivity contribution in [1.29, 1.82) is 0 Å². The first kappa shape index (κ1) is 23.5. The van der Waals surface area contributed by atoms with Gasteiger partial charge in [0.2, 0.25) is 5.78 Å². The lowest BCUT2D eigenvalue weighted by atomic mass is 9.81. The van der Waals surface area contributed by atoms with Crippen LogP contribution in [0.4, 0.5) is 5.69 Å². The van der Waals surface area contributed by atoms with Gasteiger partial charge in [0.15, 0.2) is 11.4 Å². The van der Waals surface area contributed by atoms with Crippen molar-refractivity contribution in [3.63, 3.8) is 0 Å². The summed E-state index contributed by atoms with van der Waals surface area (Å²) in [6.07, 6.45) is 1.53. The number of carbonyl (C=O) groups is 2. The summed E-state index contributed by atoms with van der Waals surface area (Å²) in [5.74, 6) is -0.569. The van der Waals surface area contributed by atoms with Crippen molar-refractivity contribution in [2.75, 3.05) is 19.4 Å². The van der Waals surface area contributed by atoms with Gasteiger partial charge in [0, 0.05) is 14.1 Å². The minimum absolute atomic E-state index is 0.101. The van der Waals surface area contributed by atoms with E-state index >= 15 is 0 Å². The van der Waals surface area contributed by atoms with E-state index in [1.54, 1.807) is 26.2 Å². The molecule has 0 saturated carbocycles. The van der Waals surface area contributed by atoms with Crippen LogP contribution in [0, 0.1) is 0 Å². The molecule has 9 heteroatoms. The highest BCUT2D eigenvalue weighted by molar-refractivity contribution is 9.10. The summed E-state index contributed by atoms with van der Waals surface area (Å²) >= 11 is 3.29. The average molecular weight is 480 g/mol. The second-order valence-corrected chi connectivity index (χ2v) is 7.68. The van der Waals surface area contributed by atoms with Crippen molar-refractivity contribution in [3.8, 4) is 5.75 Å². The summed E-state index contributed by atoms with van der Waals surface area (Å²) in [4.78, 5) is 25.9. The molecule has 0 radical (unpaired) electrons. The van der Waals surface area contributed by atoms with Crippen LogP contribution in [0.3, 0.4) is 0 Å². The lowest BCUT2D eigenvalue weighted by Gasteiger charge is -2.37. The zero-order valence-corrected chi connectivity index (χ0v) is 19.1. The number of phenols is 1. The molecule has 0 spiro atoms. The Morgan fingerprint density at radius 3 is 2.53 bits per heavy atom. The molecular weight excluding hydrogens is 454 g/mol. The normalized spacial score (nSPS) is 17.6. The third kappa shape index (κ3) is 4.52. The number of benzene rings is 1. The number of anilines is 1. The van der Waals surface area contributed by atoms with Gasteiger partial charge in [0.05, 0.1) is 28.0 Å². The number of nitrogens with one attached hydrogen (secondary N) is 2. The van der Waals surface area contributed by atoms with Crippen LogP contribution in [-0.4, -0.2) is 46.5 Å². The first-order chi connectivity index (χ1) is 14.1. The highest BCUT2D eigenvalue weighted by atomic mass is 79.9. The standard InChI is InChI=1S/C19H20BrN3O5.C2H6/c1-19(27)16(21-8-11-7-10(20)9-28-11)14(17(19)25)22-13-6-4-5-12(15(13)24)18(26)23(2)3;1-2/h4-7,9,21-22,24,27H,8H2,1-3H3;1-2H3. The van der Waals surface area contributed by atoms with Crippen molar-refractivity contribution in [2.45, 2.75) is 32.9 Å². The first-order valence-electron chi connectivity index (χ1n) is 9.42. The van der Waals surface area contributed by atoms with E-state index in [0.29, 0.717) is 5.76 Å². The van der Waals surface area contributed by atoms with Gasteiger partial charge in [-0.3, -0.25) is 9.59 Å². The maximum absolute atomic E-state index is 12.4. The van der Waals surface area contributed by atoms with Crippen molar-refractivity contribution in [3.05, 3.63) is 57.7 Å². The summed E-state index contributed by atoms with van der Waals surface area (Å²) in [5, 5.41) is 26.6. The van der Waals surface area contributed by atoms with E-state index in [2.05, 4.69) is 26.6 Å². The number of amides is 1. The van der Waals surface area contributed by atoms with Crippen molar-refractivity contribution < 1.29 is 24.2 Å². The number of nitrogens with zero attached hydrogens (tertiary/aromatic N) is 1. The summed E-state index contributed by atoms with van der Waals surface area (Å²) in [5.41, 5.74) is -1.01. The van der Waals surface area contributed by atoms with Gasteiger partial charge in [-0.25, -0.2) is 0 Å². The van der Waals surface area contributed by atoms with Crippen LogP contribution < -0.4 is 10.6 Å². The van der Waals surface area contributed by atoms with Gasteiger partial charge in [-0.2, -0.15) is 0 Å². The van der Waals surface area contributed by atoms with E-state index in [4.69, 9.17) is 4.42 Å². The second-order valence-electron chi connectivity index (χ2n) is 6.76. The van der Waals surface area contributed by atoms with E-state index in [1.165, 1.54) is 30.2 Å². The third-order valence-corrected chi connectivity index (χ3v) is 4.82. The molecule has 30 heavy (non-hydrogen) atoms. The van der Waals surface area contributed by atoms with Crippen LogP contribution in [0.1, 0.15) is 36.9 Å². The monoisotopic (exact) mass is 479 g/mol. The molecule has 162 valence electrons. The van der Waals surface area contributed by atoms with Crippen LogP contribution in [0.5, 0.6) is 5.75 Å². The molecule has 1 unspecified atom stereocenters. The van der Waals surface area contributed by atoms with E-state index in [9.17, 15) is 19.8 Å². The van der Waals surface area contributed by atoms with Gasteiger partial charge in [0.1, 0.15) is 17.7 Å². The van der Waals surface area contributed by atoms with Gasteiger partial charge in [-0.05, 0) is 41.1 Å². The number of Topliss-reactive ketones (excluding diaryl/α,β-unsaturated/α-hetero) is 1. The van der Waals surface area contributed by atoms with E-state index in [0.717, 1.165) is 4.47 Å². The smallest absolute Gasteiger partial charge is 0.257 e. The molecule has 2 aromatic rings. The lowest BCUT2D eigenvalue weighted by Crippen LogP contribution is -2.55. The molecule has 4 N–H and O–H groups in total. The molecule has 1 heterocycles.